The maximum absolute atomic E-state index is 13.3. The summed E-state index contributed by atoms with van der Waals surface area (Å²) in [5, 5.41) is 0.665. The Kier molecular flexibility index (Phi) is 3.57. The van der Waals surface area contributed by atoms with Crippen LogP contribution >= 0.6 is 0 Å². The molecule has 0 amide bonds. The first-order chi connectivity index (χ1) is 10.1. The van der Waals surface area contributed by atoms with Crippen molar-refractivity contribution in [2.75, 3.05) is 0 Å². The highest BCUT2D eigenvalue weighted by atomic mass is 19.1. The van der Waals surface area contributed by atoms with Crippen LogP contribution in [0.2, 0.25) is 0 Å². The van der Waals surface area contributed by atoms with Crippen LogP contribution in [-0.4, -0.2) is 5.78 Å². The van der Waals surface area contributed by atoms with Crippen molar-refractivity contribution in [3.8, 4) is 0 Å². The second-order valence-corrected chi connectivity index (χ2v) is 5.11. The zero-order valence-corrected chi connectivity index (χ0v) is 11.7. The zero-order valence-electron chi connectivity index (χ0n) is 11.7. The van der Waals surface area contributed by atoms with Gasteiger partial charge in [-0.15, -0.1) is 0 Å². The number of carbonyl (C=O) groups is 1. The van der Waals surface area contributed by atoms with Gasteiger partial charge < -0.3 is 4.42 Å². The van der Waals surface area contributed by atoms with E-state index < -0.39 is 0 Å². The highest BCUT2D eigenvalue weighted by Gasteiger charge is 2.17. The largest absolute Gasteiger partial charge is 0.453 e. The van der Waals surface area contributed by atoms with Crippen molar-refractivity contribution in [1.29, 1.82) is 0 Å². The first-order valence-electron chi connectivity index (χ1n) is 6.91. The average molecular weight is 282 g/mol. The lowest BCUT2D eigenvalue weighted by Crippen LogP contribution is -2.01. The molecule has 3 rings (SSSR count). The third-order valence-corrected chi connectivity index (χ3v) is 3.64. The summed E-state index contributed by atoms with van der Waals surface area (Å²) in [6.45, 7) is 1.79. The van der Waals surface area contributed by atoms with E-state index in [0.717, 1.165) is 5.56 Å². The quantitative estimate of drug-likeness (QED) is 0.649. The lowest BCUT2D eigenvalue weighted by atomic mass is 10.0. The molecule has 0 aliphatic heterocycles. The van der Waals surface area contributed by atoms with Crippen LogP contribution in [0.1, 0.15) is 28.1 Å². The Bertz CT molecular complexity index is 788. The number of carbonyl (C=O) groups excluding carboxylic acids is 1. The van der Waals surface area contributed by atoms with Gasteiger partial charge in [-0.2, -0.15) is 0 Å². The third kappa shape index (κ3) is 2.72. The summed E-state index contributed by atoms with van der Waals surface area (Å²) in [6.07, 6.45) is 1.05. The van der Waals surface area contributed by atoms with Crippen LogP contribution in [0.3, 0.4) is 0 Å². The highest BCUT2D eigenvalue weighted by Crippen LogP contribution is 2.27. The minimum absolute atomic E-state index is 0.0482. The van der Waals surface area contributed by atoms with Gasteiger partial charge in [0.1, 0.15) is 11.4 Å². The fraction of sp³-hybridized carbons (Fsp3) is 0.167. The molecule has 2 nitrogen and oxygen atoms in total. The summed E-state index contributed by atoms with van der Waals surface area (Å²) in [5.41, 5.74) is 2.38. The molecule has 3 aromatic rings. The van der Waals surface area contributed by atoms with Crippen LogP contribution < -0.4 is 0 Å². The maximum Gasteiger partial charge on any atom is 0.198 e. The molecule has 0 radical (unpaired) electrons. The smallest absolute Gasteiger partial charge is 0.198 e. The van der Waals surface area contributed by atoms with Crippen molar-refractivity contribution in [3.63, 3.8) is 0 Å². The van der Waals surface area contributed by atoms with Crippen molar-refractivity contribution in [3.05, 3.63) is 71.2 Å². The minimum Gasteiger partial charge on any atom is -0.453 e. The molecular weight excluding hydrogens is 267 g/mol. The van der Waals surface area contributed by atoms with Gasteiger partial charge >= 0.3 is 0 Å². The topological polar surface area (TPSA) is 30.2 Å². The van der Waals surface area contributed by atoms with E-state index in [2.05, 4.69) is 0 Å². The molecule has 0 aliphatic carbocycles. The molecule has 2 aromatic carbocycles. The average Bonchev–Trinajstić information content (AvgIpc) is 2.83. The van der Waals surface area contributed by atoms with Gasteiger partial charge in [0.05, 0.1) is 0 Å². The number of hydrogen-bond acceptors (Lipinski definition) is 2. The molecule has 1 aromatic heterocycles. The summed E-state index contributed by atoms with van der Waals surface area (Å²) < 4.78 is 18.9. The summed E-state index contributed by atoms with van der Waals surface area (Å²) in [5.74, 6) is -0.0332. The van der Waals surface area contributed by atoms with E-state index in [-0.39, 0.29) is 11.6 Å². The van der Waals surface area contributed by atoms with Gasteiger partial charge in [0.2, 0.25) is 0 Å². The first kappa shape index (κ1) is 13.6. The highest BCUT2D eigenvalue weighted by molar-refractivity contribution is 6.00. The zero-order chi connectivity index (χ0) is 14.8. The number of rotatable bonds is 4. The van der Waals surface area contributed by atoms with E-state index in [1.54, 1.807) is 13.0 Å². The molecule has 21 heavy (non-hydrogen) atoms. The number of fused-ring (bicyclic) bond motifs is 1. The second-order valence-electron chi connectivity index (χ2n) is 5.11. The standard InChI is InChI=1S/C18H15FO2/c1-12-15-11-14(19)8-10-17(15)21-18(12)16(20)9-7-13-5-3-2-4-6-13/h2-6,8,10-11H,7,9H2,1H3. The predicted octanol–water partition coefficient (Wildman–Crippen LogP) is 4.70. The first-order valence-corrected chi connectivity index (χ1v) is 6.91. The number of furan rings is 1. The summed E-state index contributed by atoms with van der Waals surface area (Å²) >= 11 is 0. The molecule has 0 saturated carbocycles. The molecular formula is C18H15FO2. The molecule has 0 unspecified atom stereocenters. The normalized spacial score (nSPS) is 11.0. The minimum atomic E-state index is -0.324. The number of halogens is 1. The van der Waals surface area contributed by atoms with E-state index in [1.165, 1.54) is 12.1 Å². The molecule has 0 saturated heterocycles. The number of Topliss-reactive ketones (excluding diaryl/α,β-unsaturated/α-hetero) is 1. The Hall–Kier alpha value is -2.42. The lowest BCUT2D eigenvalue weighted by Gasteiger charge is -2.00. The van der Waals surface area contributed by atoms with Crippen molar-refractivity contribution in [1.82, 2.24) is 0 Å². The fourth-order valence-electron chi connectivity index (χ4n) is 2.48. The van der Waals surface area contributed by atoms with Gasteiger partial charge in [-0.3, -0.25) is 4.79 Å². The van der Waals surface area contributed by atoms with E-state index in [1.807, 2.05) is 30.3 Å². The van der Waals surface area contributed by atoms with Gasteiger partial charge in [-0.25, -0.2) is 4.39 Å². The molecule has 0 atom stereocenters. The monoisotopic (exact) mass is 282 g/mol. The van der Waals surface area contributed by atoms with E-state index >= 15 is 0 Å². The van der Waals surface area contributed by atoms with Crippen LogP contribution in [0, 0.1) is 12.7 Å². The van der Waals surface area contributed by atoms with Crippen LogP contribution in [0.25, 0.3) is 11.0 Å². The molecule has 0 bridgehead atoms. The molecule has 1 heterocycles. The van der Waals surface area contributed by atoms with Gasteiger partial charge in [0, 0.05) is 17.4 Å². The van der Waals surface area contributed by atoms with Gasteiger partial charge in [0.25, 0.3) is 0 Å². The van der Waals surface area contributed by atoms with E-state index in [4.69, 9.17) is 4.42 Å². The predicted molar refractivity (Wildman–Crippen MR) is 80.0 cm³/mol. The molecule has 3 heteroatoms. The van der Waals surface area contributed by atoms with Crippen molar-refractivity contribution in [2.45, 2.75) is 19.8 Å². The maximum atomic E-state index is 13.3. The SMILES string of the molecule is Cc1c(C(=O)CCc2ccccc2)oc2ccc(F)cc12. The Morgan fingerprint density at radius 1 is 1.14 bits per heavy atom. The summed E-state index contributed by atoms with van der Waals surface area (Å²) in [7, 11) is 0. The van der Waals surface area contributed by atoms with Crippen LogP contribution in [0.5, 0.6) is 0 Å². The molecule has 0 aliphatic rings. The Balaban J connectivity index is 1.83. The fourth-order valence-corrected chi connectivity index (χ4v) is 2.48. The molecule has 0 fully saturated rings. The van der Waals surface area contributed by atoms with Crippen LogP contribution in [0.4, 0.5) is 4.39 Å². The number of ketones is 1. The van der Waals surface area contributed by atoms with E-state index in [9.17, 15) is 9.18 Å². The third-order valence-electron chi connectivity index (χ3n) is 3.64. The van der Waals surface area contributed by atoms with Gasteiger partial charge in [0.15, 0.2) is 11.5 Å². The molecule has 0 N–H and O–H groups in total. The van der Waals surface area contributed by atoms with Crippen molar-refractivity contribution in [2.24, 2.45) is 0 Å². The second kappa shape index (κ2) is 5.52. The summed E-state index contributed by atoms with van der Waals surface area (Å²) in [6, 6.07) is 14.1. The Morgan fingerprint density at radius 3 is 2.67 bits per heavy atom. The van der Waals surface area contributed by atoms with Crippen LogP contribution in [0.15, 0.2) is 52.9 Å². The molecule has 106 valence electrons. The number of aryl methyl sites for hydroxylation is 2. The number of benzene rings is 2. The number of hydrogen-bond donors (Lipinski definition) is 0. The molecule has 0 spiro atoms. The van der Waals surface area contributed by atoms with E-state index in [0.29, 0.717) is 35.1 Å². The Labute approximate surface area is 122 Å². The van der Waals surface area contributed by atoms with Crippen molar-refractivity contribution >= 4 is 16.8 Å². The van der Waals surface area contributed by atoms with Crippen molar-refractivity contribution < 1.29 is 13.6 Å². The van der Waals surface area contributed by atoms with Gasteiger partial charge in [-0.05, 0) is 37.1 Å². The Morgan fingerprint density at radius 2 is 1.90 bits per heavy atom. The summed E-state index contributed by atoms with van der Waals surface area (Å²) in [4.78, 5) is 12.3. The lowest BCUT2D eigenvalue weighted by molar-refractivity contribution is 0.0957. The van der Waals surface area contributed by atoms with Gasteiger partial charge in [-0.1, -0.05) is 30.3 Å². The van der Waals surface area contributed by atoms with Crippen LogP contribution in [-0.2, 0) is 6.42 Å².